The molecular weight excluding hydrogens is 276 g/mol. The SMILES string of the molecule is CNCC1CCCN1C(=O)COc1cccc(Cl)c1C. The first-order valence-corrected chi connectivity index (χ1v) is 7.33. The zero-order valence-electron chi connectivity index (χ0n) is 12.0. The summed E-state index contributed by atoms with van der Waals surface area (Å²) in [5, 5.41) is 3.79. The number of amides is 1. The number of rotatable bonds is 5. The molecule has 1 fully saturated rings. The van der Waals surface area contributed by atoms with Crippen LogP contribution in [0.25, 0.3) is 0 Å². The van der Waals surface area contributed by atoms with E-state index >= 15 is 0 Å². The fourth-order valence-electron chi connectivity index (χ4n) is 2.58. The number of hydrogen-bond donors (Lipinski definition) is 1. The highest BCUT2D eigenvalue weighted by Crippen LogP contribution is 2.25. The highest BCUT2D eigenvalue weighted by Gasteiger charge is 2.28. The minimum atomic E-state index is 0.0436. The fraction of sp³-hybridized carbons (Fsp3) is 0.533. The van der Waals surface area contributed by atoms with Crippen molar-refractivity contribution in [2.75, 3.05) is 26.7 Å². The van der Waals surface area contributed by atoms with E-state index in [4.69, 9.17) is 16.3 Å². The molecule has 0 aromatic heterocycles. The Balaban J connectivity index is 1.93. The maximum absolute atomic E-state index is 12.2. The highest BCUT2D eigenvalue weighted by molar-refractivity contribution is 6.31. The number of ether oxygens (including phenoxy) is 1. The number of benzene rings is 1. The van der Waals surface area contributed by atoms with Gasteiger partial charge in [0, 0.05) is 29.7 Å². The Morgan fingerprint density at radius 3 is 3.10 bits per heavy atom. The van der Waals surface area contributed by atoms with Gasteiger partial charge in [0.25, 0.3) is 5.91 Å². The first kappa shape index (κ1) is 15.1. The Morgan fingerprint density at radius 2 is 2.35 bits per heavy atom. The molecule has 110 valence electrons. The summed E-state index contributed by atoms with van der Waals surface area (Å²) in [6.07, 6.45) is 2.12. The Bertz CT molecular complexity index is 479. The maximum Gasteiger partial charge on any atom is 0.260 e. The van der Waals surface area contributed by atoms with Crippen LogP contribution in [0, 0.1) is 6.92 Å². The molecule has 1 aromatic rings. The van der Waals surface area contributed by atoms with E-state index in [2.05, 4.69) is 5.32 Å². The second kappa shape index (κ2) is 6.95. The Labute approximate surface area is 125 Å². The lowest BCUT2D eigenvalue weighted by Crippen LogP contribution is -2.43. The minimum Gasteiger partial charge on any atom is -0.483 e. The molecule has 0 aliphatic carbocycles. The van der Waals surface area contributed by atoms with Crippen molar-refractivity contribution >= 4 is 17.5 Å². The largest absolute Gasteiger partial charge is 0.483 e. The highest BCUT2D eigenvalue weighted by atomic mass is 35.5. The zero-order chi connectivity index (χ0) is 14.5. The molecule has 5 heteroatoms. The number of hydrogen-bond acceptors (Lipinski definition) is 3. The van der Waals surface area contributed by atoms with Crippen LogP contribution >= 0.6 is 11.6 Å². The third-order valence-corrected chi connectivity index (χ3v) is 4.12. The van der Waals surface area contributed by atoms with Gasteiger partial charge in [0.2, 0.25) is 0 Å². The fourth-order valence-corrected chi connectivity index (χ4v) is 2.74. The number of likely N-dealkylation sites (tertiary alicyclic amines) is 1. The van der Waals surface area contributed by atoms with Crippen LogP contribution in [-0.2, 0) is 4.79 Å². The van der Waals surface area contributed by atoms with E-state index < -0.39 is 0 Å². The quantitative estimate of drug-likeness (QED) is 0.906. The number of nitrogens with one attached hydrogen (secondary N) is 1. The van der Waals surface area contributed by atoms with Gasteiger partial charge in [-0.15, -0.1) is 0 Å². The van der Waals surface area contributed by atoms with Crippen LogP contribution < -0.4 is 10.1 Å². The van der Waals surface area contributed by atoms with Crippen LogP contribution in [0.4, 0.5) is 0 Å². The topological polar surface area (TPSA) is 41.6 Å². The van der Waals surface area contributed by atoms with Crippen LogP contribution in [0.2, 0.25) is 5.02 Å². The molecule has 0 saturated carbocycles. The summed E-state index contributed by atoms with van der Waals surface area (Å²) in [6.45, 7) is 3.62. The summed E-state index contributed by atoms with van der Waals surface area (Å²) in [4.78, 5) is 14.2. The summed E-state index contributed by atoms with van der Waals surface area (Å²) in [6, 6.07) is 5.77. The van der Waals surface area contributed by atoms with Gasteiger partial charge in [-0.3, -0.25) is 4.79 Å². The molecule has 2 rings (SSSR count). The minimum absolute atomic E-state index is 0.0436. The maximum atomic E-state index is 12.2. The molecule has 1 aliphatic rings. The van der Waals surface area contributed by atoms with Crippen LogP contribution in [0.15, 0.2) is 18.2 Å². The van der Waals surface area contributed by atoms with Crippen molar-refractivity contribution in [2.24, 2.45) is 0 Å². The smallest absolute Gasteiger partial charge is 0.260 e. The van der Waals surface area contributed by atoms with E-state index in [9.17, 15) is 4.79 Å². The van der Waals surface area contributed by atoms with Crippen molar-refractivity contribution < 1.29 is 9.53 Å². The number of nitrogens with zero attached hydrogens (tertiary/aromatic N) is 1. The standard InChI is InChI=1S/C15H21ClN2O2/c1-11-13(16)6-3-7-14(11)20-10-15(19)18-8-4-5-12(18)9-17-2/h3,6-7,12,17H,4-5,8-10H2,1-2H3. The molecule has 0 radical (unpaired) electrons. The van der Waals surface area contributed by atoms with Crippen molar-refractivity contribution in [1.82, 2.24) is 10.2 Å². The number of halogens is 1. The Hall–Kier alpha value is -1.26. The van der Waals surface area contributed by atoms with Gasteiger partial charge in [0.05, 0.1) is 0 Å². The molecule has 1 unspecified atom stereocenters. The first-order chi connectivity index (χ1) is 9.63. The lowest BCUT2D eigenvalue weighted by atomic mass is 10.2. The van der Waals surface area contributed by atoms with Gasteiger partial charge in [0.15, 0.2) is 6.61 Å². The van der Waals surface area contributed by atoms with Crippen LogP contribution in [0.1, 0.15) is 18.4 Å². The van der Waals surface area contributed by atoms with E-state index in [1.54, 1.807) is 0 Å². The summed E-state index contributed by atoms with van der Waals surface area (Å²) >= 11 is 6.04. The second-order valence-electron chi connectivity index (χ2n) is 5.09. The second-order valence-corrected chi connectivity index (χ2v) is 5.50. The molecule has 20 heavy (non-hydrogen) atoms. The van der Waals surface area contributed by atoms with Crippen molar-refractivity contribution in [3.05, 3.63) is 28.8 Å². The molecule has 1 atom stereocenters. The summed E-state index contributed by atoms with van der Waals surface area (Å²) < 4.78 is 5.62. The summed E-state index contributed by atoms with van der Waals surface area (Å²) in [5.41, 5.74) is 0.871. The van der Waals surface area contributed by atoms with Gasteiger partial charge in [-0.2, -0.15) is 0 Å². The van der Waals surface area contributed by atoms with Gasteiger partial charge in [-0.25, -0.2) is 0 Å². The monoisotopic (exact) mass is 296 g/mol. The Morgan fingerprint density at radius 1 is 1.55 bits per heavy atom. The van der Waals surface area contributed by atoms with E-state index in [0.29, 0.717) is 10.8 Å². The number of carbonyl (C=O) groups is 1. The third-order valence-electron chi connectivity index (χ3n) is 3.71. The van der Waals surface area contributed by atoms with Gasteiger partial charge in [0.1, 0.15) is 5.75 Å². The number of likely N-dealkylation sites (N-methyl/N-ethyl adjacent to an activating group) is 1. The first-order valence-electron chi connectivity index (χ1n) is 6.95. The van der Waals surface area contributed by atoms with Crippen molar-refractivity contribution in [3.8, 4) is 5.75 Å². The number of carbonyl (C=O) groups excluding carboxylic acids is 1. The Kier molecular flexibility index (Phi) is 5.26. The van der Waals surface area contributed by atoms with Gasteiger partial charge >= 0.3 is 0 Å². The van der Waals surface area contributed by atoms with Crippen molar-refractivity contribution in [1.29, 1.82) is 0 Å². The lowest BCUT2D eigenvalue weighted by Gasteiger charge is -2.24. The predicted molar refractivity (Wildman–Crippen MR) is 80.3 cm³/mol. The van der Waals surface area contributed by atoms with Crippen molar-refractivity contribution in [2.45, 2.75) is 25.8 Å². The average molecular weight is 297 g/mol. The molecule has 0 bridgehead atoms. The predicted octanol–water partition coefficient (Wildman–Crippen LogP) is 2.24. The van der Waals surface area contributed by atoms with E-state index in [1.807, 2.05) is 37.1 Å². The molecule has 0 spiro atoms. The summed E-state index contributed by atoms with van der Waals surface area (Å²) in [5.74, 6) is 0.720. The molecule has 1 N–H and O–H groups in total. The van der Waals surface area contributed by atoms with E-state index in [1.165, 1.54) is 0 Å². The zero-order valence-corrected chi connectivity index (χ0v) is 12.7. The van der Waals surface area contributed by atoms with Crippen LogP contribution in [-0.4, -0.2) is 43.6 Å². The molecule has 1 aliphatic heterocycles. The van der Waals surface area contributed by atoms with E-state index in [0.717, 1.165) is 31.5 Å². The molecule has 4 nitrogen and oxygen atoms in total. The molecule has 1 saturated heterocycles. The molecule has 1 aromatic carbocycles. The van der Waals surface area contributed by atoms with Crippen molar-refractivity contribution in [3.63, 3.8) is 0 Å². The normalized spacial score (nSPS) is 18.4. The molecular formula is C15H21ClN2O2. The van der Waals surface area contributed by atoms with Crippen LogP contribution in [0.3, 0.4) is 0 Å². The molecule has 1 heterocycles. The van der Waals surface area contributed by atoms with Gasteiger partial charge < -0.3 is 15.0 Å². The van der Waals surface area contributed by atoms with Gasteiger partial charge in [-0.05, 0) is 38.9 Å². The third kappa shape index (κ3) is 3.44. The summed E-state index contributed by atoms with van der Waals surface area (Å²) in [7, 11) is 1.91. The van der Waals surface area contributed by atoms with Crippen LogP contribution in [0.5, 0.6) is 5.75 Å². The molecule has 1 amide bonds. The van der Waals surface area contributed by atoms with Gasteiger partial charge in [-0.1, -0.05) is 17.7 Å². The lowest BCUT2D eigenvalue weighted by molar-refractivity contribution is -0.134. The van der Waals surface area contributed by atoms with E-state index in [-0.39, 0.29) is 18.6 Å². The average Bonchev–Trinajstić information content (AvgIpc) is 2.89.